The minimum absolute atomic E-state index is 0.132. The van der Waals surface area contributed by atoms with Crippen molar-refractivity contribution in [3.05, 3.63) is 89.3 Å². The van der Waals surface area contributed by atoms with Gasteiger partial charge in [0.1, 0.15) is 5.76 Å². The minimum atomic E-state index is -0.846. The molecular weight excluding hydrogens is 482 g/mol. The van der Waals surface area contributed by atoms with Gasteiger partial charge in [0.15, 0.2) is 0 Å². The third kappa shape index (κ3) is 8.14. The van der Waals surface area contributed by atoms with E-state index in [4.69, 9.17) is 15.9 Å². The van der Waals surface area contributed by atoms with Gasteiger partial charge in [0.25, 0.3) is 11.8 Å². The zero-order chi connectivity index (χ0) is 28.2. The second-order valence-corrected chi connectivity index (χ2v) is 8.81. The molecule has 1 unspecified atom stereocenters. The van der Waals surface area contributed by atoms with Crippen LogP contribution in [0.3, 0.4) is 0 Å². The van der Waals surface area contributed by atoms with Crippen LogP contribution in [0.15, 0.2) is 71.2 Å². The molecular formula is C29H37N5O4. The summed E-state index contributed by atoms with van der Waals surface area (Å²) in [6.45, 7) is 12.5. The van der Waals surface area contributed by atoms with E-state index in [2.05, 4.69) is 35.8 Å². The largest absolute Gasteiger partial charge is 0.506 e. The van der Waals surface area contributed by atoms with E-state index in [1.165, 1.54) is 17.7 Å². The van der Waals surface area contributed by atoms with Gasteiger partial charge in [0.2, 0.25) is 11.8 Å². The number of aryl methyl sites for hydroxylation is 1. The van der Waals surface area contributed by atoms with Crippen LogP contribution in [0.5, 0.6) is 0 Å². The van der Waals surface area contributed by atoms with Crippen LogP contribution < -0.4 is 11.5 Å². The molecule has 2 amide bonds. The van der Waals surface area contributed by atoms with E-state index in [1.54, 1.807) is 17.9 Å². The van der Waals surface area contributed by atoms with Gasteiger partial charge in [-0.05, 0) is 44.9 Å². The molecule has 2 aromatic carbocycles. The maximum absolute atomic E-state index is 13.2. The predicted molar refractivity (Wildman–Crippen MR) is 149 cm³/mol. The van der Waals surface area contributed by atoms with Crippen LogP contribution in [-0.4, -0.2) is 45.1 Å². The molecule has 202 valence electrons. The Hall–Kier alpha value is -4.24. The quantitative estimate of drug-likeness (QED) is 0.195. The van der Waals surface area contributed by atoms with Gasteiger partial charge in [-0.2, -0.15) is 0 Å². The van der Waals surface area contributed by atoms with Crippen molar-refractivity contribution < 1.29 is 19.1 Å². The van der Waals surface area contributed by atoms with E-state index < -0.39 is 17.7 Å². The second kappa shape index (κ2) is 14.5. The molecule has 9 nitrogen and oxygen atoms in total. The number of primary amides is 1. The van der Waals surface area contributed by atoms with Gasteiger partial charge in [-0.25, -0.2) is 0 Å². The molecule has 38 heavy (non-hydrogen) atoms. The highest BCUT2D eigenvalue weighted by Gasteiger charge is 2.21. The summed E-state index contributed by atoms with van der Waals surface area (Å²) in [5, 5.41) is 18.6. The van der Waals surface area contributed by atoms with Crippen LogP contribution in [-0.2, 0) is 4.79 Å². The van der Waals surface area contributed by atoms with E-state index in [0.717, 1.165) is 18.9 Å². The number of aliphatic hydroxyl groups excluding tert-OH is 1. The van der Waals surface area contributed by atoms with Crippen molar-refractivity contribution in [1.82, 2.24) is 15.1 Å². The predicted octanol–water partition coefficient (Wildman–Crippen LogP) is 4.95. The fraction of sp³-hybridized carbons (Fsp3) is 0.310. The first-order valence-electron chi connectivity index (χ1n) is 12.5. The molecule has 3 aromatic rings. The minimum Gasteiger partial charge on any atom is -0.506 e. The molecule has 0 saturated carbocycles. The number of aromatic nitrogens is 2. The van der Waals surface area contributed by atoms with Crippen LogP contribution in [0, 0.1) is 6.92 Å². The number of benzene rings is 2. The Bertz CT molecular complexity index is 1260. The van der Waals surface area contributed by atoms with Crippen molar-refractivity contribution in [2.75, 3.05) is 13.1 Å². The summed E-state index contributed by atoms with van der Waals surface area (Å²) in [5.41, 5.74) is 13.2. The molecule has 0 saturated heterocycles. The smallest absolute Gasteiger partial charge is 0.253 e. The topological polar surface area (TPSA) is 149 Å². The lowest BCUT2D eigenvalue weighted by molar-refractivity contribution is -0.114. The second-order valence-electron chi connectivity index (χ2n) is 8.81. The first-order chi connectivity index (χ1) is 18.1. The Morgan fingerprint density at radius 1 is 1.08 bits per heavy atom. The fourth-order valence-electron chi connectivity index (χ4n) is 3.59. The Morgan fingerprint density at radius 3 is 2.13 bits per heavy atom. The van der Waals surface area contributed by atoms with E-state index in [9.17, 15) is 14.7 Å². The summed E-state index contributed by atoms with van der Waals surface area (Å²) in [6, 6.07) is 14.4. The molecule has 1 atom stereocenters. The third-order valence-electron chi connectivity index (χ3n) is 5.47. The zero-order valence-corrected chi connectivity index (χ0v) is 22.5. The maximum atomic E-state index is 13.2. The Balaban J connectivity index is 0.000000624. The molecule has 0 radical (unpaired) electrons. The number of hydrogen-bond acceptors (Lipinski definition) is 7. The highest BCUT2D eigenvalue weighted by Crippen LogP contribution is 2.27. The summed E-state index contributed by atoms with van der Waals surface area (Å²) in [6.07, 6.45) is 2.76. The fourth-order valence-corrected chi connectivity index (χ4v) is 3.59. The van der Waals surface area contributed by atoms with Gasteiger partial charge in [0, 0.05) is 29.8 Å². The van der Waals surface area contributed by atoms with Crippen molar-refractivity contribution in [2.45, 2.75) is 46.6 Å². The number of carbonyl (C=O) groups excluding carboxylic acids is 2. The van der Waals surface area contributed by atoms with E-state index >= 15 is 0 Å². The summed E-state index contributed by atoms with van der Waals surface area (Å²) in [7, 11) is 0. The third-order valence-corrected chi connectivity index (χ3v) is 5.47. The molecule has 1 aromatic heterocycles. The average molecular weight is 520 g/mol. The van der Waals surface area contributed by atoms with Crippen LogP contribution in [0.1, 0.15) is 67.0 Å². The van der Waals surface area contributed by atoms with Crippen molar-refractivity contribution in [1.29, 1.82) is 0 Å². The van der Waals surface area contributed by atoms with Gasteiger partial charge in [-0.3, -0.25) is 9.59 Å². The molecule has 0 aliphatic heterocycles. The van der Waals surface area contributed by atoms with Gasteiger partial charge in [-0.15, -0.1) is 10.2 Å². The molecule has 0 aliphatic rings. The van der Waals surface area contributed by atoms with Gasteiger partial charge in [0.05, 0.1) is 11.6 Å². The summed E-state index contributed by atoms with van der Waals surface area (Å²) < 4.78 is 5.61. The molecule has 0 spiro atoms. The van der Waals surface area contributed by atoms with Crippen molar-refractivity contribution in [3.63, 3.8) is 0 Å². The highest BCUT2D eigenvalue weighted by molar-refractivity contribution is 6.02. The highest BCUT2D eigenvalue weighted by atomic mass is 16.4. The molecule has 0 bridgehead atoms. The first kappa shape index (κ1) is 30.0. The van der Waals surface area contributed by atoms with Crippen molar-refractivity contribution in [2.24, 2.45) is 11.5 Å². The van der Waals surface area contributed by atoms with E-state index in [0.29, 0.717) is 24.2 Å². The normalized spacial score (nSPS) is 12.0. The van der Waals surface area contributed by atoms with Crippen LogP contribution >= 0.6 is 0 Å². The van der Waals surface area contributed by atoms with E-state index in [-0.39, 0.29) is 28.8 Å². The van der Waals surface area contributed by atoms with Crippen LogP contribution in [0.25, 0.3) is 17.2 Å². The lowest BCUT2D eigenvalue weighted by atomic mass is 10.0. The monoisotopic (exact) mass is 519 g/mol. The SMILES string of the molecule is C=C/C(C(N)=O)=C(\O)c1cc(C(=O)N(CCC)CCC)cc(-c2nnc(C(C)N)o2)c1.Cc1ccccc1. The number of nitrogens with zero attached hydrogens (tertiary/aromatic N) is 3. The average Bonchev–Trinajstić information content (AvgIpc) is 3.40. The number of rotatable bonds is 10. The number of carbonyl (C=O) groups is 2. The molecule has 1 heterocycles. The summed E-state index contributed by atoms with van der Waals surface area (Å²) in [4.78, 5) is 26.6. The number of aliphatic hydroxyl groups is 1. The molecule has 9 heteroatoms. The number of hydrogen-bond donors (Lipinski definition) is 3. The Kier molecular flexibility index (Phi) is 11.4. The standard InChI is InChI=1S/C22H29N5O4.C7H8/c1-5-8-27(9-6-2)22(30)16-11-14(18(28)17(7-3)19(24)29)10-15(12-16)21-26-25-20(31-21)13(4)23;1-7-5-3-2-4-6-7/h7,10-13,28H,3,5-6,8-9,23H2,1-2,4H3,(H2,24,29);2-6H,1H3/b18-17+;. The van der Waals surface area contributed by atoms with E-state index in [1.807, 2.05) is 32.0 Å². The van der Waals surface area contributed by atoms with Gasteiger partial charge >= 0.3 is 0 Å². The molecule has 0 fully saturated rings. The van der Waals surface area contributed by atoms with Gasteiger partial charge < -0.3 is 25.9 Å². The number of nitrogens with two attached hydrogens (primary N) is 2. The summed E-state index contributed by atoms with van der Waals surface area (Å²) in [5.74, 6) is -1.10. The maximum Gasteiger partial charge on any atom is 0.253 e. The molecule has 0 aliphatic carbocycles. The van der Waals surface area contributed by atoms with Gasteiger partial charge in [-0.1, -0.05) is 62.4 Å². The molecule has 3 rings (SSSR count). The zero-order valence-electron chi connectivity index (χ0n) is 22.5. The van der Waals surface area contributed by atoms with Crippen molar-refractivity contribution >= 4 is 17.6 Å². The summed E-state index contributed by atoms with van der Waals surface area (Å²) >= 11 is 0. The Morgan fingerprint density at radius 2 is 1.68 bits per heavy atom. The number of amides is 2. The van der Waals surface area contributed by atoms with Crippen LogP contribution in [0.4, 0.5) is 0 Å². The lowest BCUT2D eigenvalue weighted by Crippen LogP contribution is -2.32. The van der Waals surface area contributed by atoms with Crippen LogP contribution in [0.2, 0.25) is 0 Å². The van der Waals surface area contributed by atoms with Crippen molar-refractivity contribution in [3.8, 4) is 11.5 Å². The molecule has 5 N–H and O–H groups in total. The lowest BCUT2D eigenvalue weighted by Gasteiger charge is -2.22. The first-order valence-corrected chi connectivity index (χ1v) is 12.5. The Labute approximate surface area is 223 Å².